The summed E-state index contributed by atoms with van der Waals surface area (Å²) in [6, 6.07) is 18.6. The summed E-state index contributed by atoms with van der Waals surface area (Å²) in [4.78, 5) is 12.6. The Hall–Kier alpha value is -2.09. The van der Waals surface area contributed by atoms with E-state index in [9.17, 15) is 4.79 Å². The van der Waals surface area contributed by atoms with E-state index in [0.29, 0.717) is 6.04 Å². The van der Waals surface area contributed by atoms with Gasteiger partial charge in [0, 0.05) is 11.6 Å². The lowest BCUT2D eigenvalue weighted by atomic mass is 9.69. The number of hydrogen-bond donors (Lipinski definition) is 1. The van der Waals surface area contributed by atoms with Crippen LogP contribution in [0.2, 0.25) is 0 Å². The third-order valence-electron chi connectivity index (χ3n) is 6.13. The van der Waals surface area contributed by atoms with Gasteiger partial charge < -0.3 is 5.32 Å². The standard InChI is InChI=1S/C23H27NO/c25-23(24-22-15-14-18-8-4-5-9-21(18)16-22)20-12-10-19(11-13-20)17-6-2-1-3-7-17/h1-3,6-7,10-13,18,21-22H,4-5,8-9,14-16H2,(H,24,25)/t18-,21-,22-/m0/s1. The summed E-state index contributed by atoms with van der Waals surface area (Å²) in [7, 11) is 0. The van der Waals surface area contributed by atoms with Crippen LogP contribution in [0.15, 0.2) is 54.6 Å². The maximum absolute atomic E-state index is 12.6. The molecular weight excluding hydrogens is 306 g/mol. The maximum atomic E-state index is 12.6. The molecule has 2 aliphatic carbocycles. The van der Waals surface area contributed by atoms with Crippen LogP contribution >= 0.6 is 0 Å². The van der Waals surface area contributed by atoms with Crippen LogP contribution in [0.4, 0.5) is 0 Å². The second kappa shape index (κ2) is 7.43. The van der Waals surface area contributed by atoms with Crippen LogP contribution in [-0.4, -0.2) is 11.9 Å². The molecule has 2 aromatic carbocycles. The molecule has 0 aromatic heterocycles. The Morgan fingerprint density at radius 3 is 2.20 bits per heavy atom. The fraction of sp³-hybridized carbons (Fsp3) is 0.435. The predicted molar refractivity (Wildman–Crippen MR) is 102 cm³/mol. The van der Waals surface area contributed by atoms with E-state index in [2.05, 4.69) is 17.4 Å². The first-order valence-electron chi connectivity index (χ1n) is 9.76. The zero-order valence-electron chi connectivity index (χ0n) is 14.8. The van der Waals surface area contributed by atoms with Gasteiger partial charge in [0.25, 0.3) is 5.91 Å². The molecule has 0 saturated heterocycles. The number of fused-ring (bicyclic) bond motifs is 1. The van der Waals surface area contributed by atoms with Gasteiger partial charge in [-0.3, -0.25) is 4.79 Å². The number of hydrogen-bond acceptors (Lipinski definition) is 1. The van der Waals surface area contributed by atoms with E-state index in [1.165, 1.54) is 44.1 Å². The minimum absolute atomic E-state index is 0.0823. The number of carbonyl (C=O) groups is 1. The Kier molecular flexibility index (Phi) is 4.87. The highest BCUT2D eigenvalue weighted by atomic mass is 16.1. The van der Waals surface area contributed by atoms with Crippen molar-refractivity contribution in [1.29, 1.82) is 0 Å². The van der Waals surface area contributed by atoms with Crippen LogP contribution in [-0.2, 0) is 0 Å². The van der Waals surface area contributed by atoms with Crippen molar-refractivity contribution in [3.05, 3.63) is 60.2 Å². The summed E-state index contributed by atoms with van der Waals surface area (Å²) in [6.07, 6.45) is 9.18. The summed E-state index contributed by atoms with van der Waals surface area (Å²) in [5, 5.41) is 3.29. The fourth-order valence-electron chi connectivity index (χ4n) is 4.72. The van der Waals surface area contributed by atoms with Crippen molar-refractivity contribution in [1.82, 2.24) is 5.32 Å². The van der Waals surface area contributed by atoms with Crippen molar-refractivity contribution in [2.75, 3.05) is 0 Å². The van der Waals surface area contributed by atoms with Crippen LogP contribution in [0.1, 0.15) is 55.3 Å². The highest BCUT2D eigenvalue weighted by Crippen LogP contribution is 2.40. The molecule has 2 fully saturated rings. The Morgan fingerprint density at radius 1 is 0.760 bits per heavy atom. The molecule has 0 aliphatic heterocycles. The van der Waals surface area contributed by atoms with Crippen molar-refractivity contribution in [3.63, 3.8) is 0 Å². The van der Waals surface area contributed by atoms with E-state index in [-0.39, 0.29) is 5.91 Å². The molecule has 2 aliphatic rings. The summed E-state index contributed by atoms with van der Waals surface area (Å²) in [5.74, 6) is 1.85. The van der Waals surface area contributed by atoms with E-state index in [1.54, 1.807) is 0 Å². The largest absolute Gasteiger partial charge is 0.349 e. The molecule has 0 bridgehead atoms. The zero-order valence-corrected chi connectivity index (χ0v) is 14.8. The van der Waals surface area contributed by atoms with Gasteiger partial charge in [-0.2, -0.15) is 0 Å². The second-order valence-electron chi connectivity index (χ2n) is 7.73. The highest BCUT2D eigenvalue weighted by Gasteiger charge is 2.32. The van der Waals surface area contributed by atoms with Gasteiger partial charge in [-0.05, 0) is 54.4 Å². The number of amides is 1. The monoisotopic (exact) mass is 333 g/mol. The van der Waals surface area contributed by atoms with Crippen molar-refractivity contribution < 1.29 is 4.79 Å². The molecule has 2 nitrogen and oxygen atoms in total. The first kappa shape index (κ1) is 16.4. The molecule has 0 heterocycles. The second-order valence-corrected chi connectivity index (χ2v) is 7.73. The summed E-state index contributed by atoms with van der Waals surface area (Å²) in [6.45, 7) is 0. The summed E-state index contributed by atoms with van der Waals surface area (Å²) >= 11 is 0. The molecule has 1 amide bonds. The average molecular weight is 333 g/mol. The maximum Gasteiger partial charge on any atom is 0.251 e. The smallest absolute Gasteiger partial charge is 0.251 e. The molecule has 1 N–H and O–H groups in total. The molecule has 0 unspecified atom stereocenters. The first-order valence-corrected chi connectivity index (χ1v) is 9.76. The first-order chi connectivity index (χ1) is 12.3. The van der Waals surface area contributed by atoms with Gasteiger partial charge in [0.2, 0.25) is 0 Å². The SMILES string of the molecule is O=C(N[C@H]1CC[C@@H]2CCCC[C@H]2C1)c1ccc(-c2ccccc2)cc1. The van der Waals surface area contributed by atoms with Gasteiger partial charge in [0.15, 0.2) is 0 Å². The molecule has 4 rings (SSSR count). The van der Waals surface area contributed by atoms with Crippen molar-refractivity contribution >= 4 is 5.91 Å². The molecule has 0 radical (unpaired) electrons. The number of carbonyl (C=O) groups excluding carboxylic acids is 1. The predicted octanol–water partition coefficient (Wildman–Crippen LogP) is 5.44. The Balaban J connectivity index is 1.38. The van der Waals surface area contributed by atoms with Gasteiger partial charge in [0.05, 0.1) is 0 Å². The highest BCUT2D eigenvalue weighted by molar-refractivity contribution is 5.94. The molecular formula is C23H27NO. The van der Waals surface area contributed by atoms with Crippen LogP contribution in [0.5, 0.6) is 0 Å². The lowest BCUT2D eigenvalue weighted by Crippen LogP contribution is -2.41. The van der Waals surface area contributed by atoms with Gasteiger partial charge in [-0.1, -0.05) is 68.1 Å². The van der Waals surface area contributed by atoms with Crippen LogP contribution in [0.3, 0.4) is 0 Å². The number of benzene rings is 2. The molecule has 2 heteroatoms. The molecule has 2 saturated carbocycles. The van der Waals surface area contributed by atoms with Crippen LogP contribution in [0.25, 0.3) is 11.1 Å². The quantitative estimate of drug-likeness (QED) is 0.796. The molecule has 2 aromatic rings. The molecule has 3 atom stereocenters. The zero-order chi connectivity index (χ0) is 17.1. The van der Waals surface area contributed by atoms with Gasteiger partial charge >= 0.3 is 0 Å². The van der Waals surface area contributed by atoms with Crippen LogP contribution in [0, 0.1) is 11.8 Å². The minimum atomic E-state index is 0.0823. The Bertz CT molecular complexity index is 707. The van der Waals surface area contributed by atoms with E-state index >= 15 is 0 Å². The summed E-state index contributed by atoms with van der Waals surface area (Å²) < 4.78 is 0. The van der Waals surface area contributed by atoms with E-state index in [1.807, 2.05) is 42.5 Å². The number of rotatable bonds is 3. The fourth-order valence-corrected chi connectivity index (χ4v) is 4.72. The van der Waals surface area contributed by atoms with Gasteiger partial charge in [-0.25, -0.2) is 0 Å². The van der Waals surface area contributed by atoms with E-state index < -0.39 is 0 Å². The number of nitrogens with one attached hydrogen (secondary N) is 1. The van der Waals surface area contributed by atoms with Gasteiger partial charge in [-0.15, -0.1) is 0 Å². The summed E-state index contributed by atoms with van der Waals surface area (Å²) in [5.41, 5.74) is 3.11. The van der Waals surface area contributed by atoms with Crippen molar-refractivity contribution in [2.24, 2.45) is 11.8 Å². The topological polar surface area (TPSA) is 29.1 Å². The third kappa shape index (κ3) is 3.78. The third-order valence-corrected chi connectivity index (χ3v) is 6.13. The Labute approximate surface area is 150 Å². The molecule has 130 valence electrons. The van der Waals surface area contributed by atoms with Crippen LogP contribution < -0.4 is 5.32 Å². The van der Waals surface area contributed by atoms with E-state index in [4.69, 9.17) is 0 Å². The van der Waals surface area contributed by atoms with E-state index in [0.717, 1.165) is 29.4 Å². The molecule has 25 heavy (non-hydrogen) atoms. The minimum Gasteiger partial charge on any atom is -0.349 e. The van der Waals surface area contributed by atoms with Gasteiger partial charge in [0.1, 0.15) is 0 Å². The Morgan fingerprint density at radius 2 is 1.44 bits per heavy atom. The molecule has 0 spiro atoms. The lowest BCUT2D eigenvalue weighted by Gasteiger charge is -2.39. The van der Waals surface area contributed by atoms with Crippen molar-refractivity contribution in [2.45, 2.75) is 51.0 Å². The van der Waals surface area contributed by atoms with Crippen molar-refractivity contribution in [3.8, 4) is 11.1 Å². The lowest BCUT2D eigenvalue weighted by molar-refractivity contribution is 0.0879. The normalized spacial score (nSPS) is 25.8. The average Bonchev–Trinajstić information content (AvgIpc) is 2.69.